The Morgan fingerprint density at radius 3 is 1.24 bits per heavy atom. The van der Waals surface area contributed by atoms with Gasteiger partial charge in [0.15, 0.2) is 6.29 Å². The van der Waals surface area contributed by atoms with E-state index in [-0.39, 0.29) is 18.5 Å². The van der Waals surface area contributed by atoms with Crippen molar-refractivity contribution in [1.29, 1.82) is 0 Å². The smallest absolute Gasteiger partial charge is 0.305 e. The van der Waals surface area contributed by atoms with Gasteiger partial charge in [-0.15, -0.1) is 0 Å². The van der Waals surface area contributed by atoms with Gasteiger partial charge in [-0.3, -0.25) is 9.59 Å². The van der Waals surface area contributed by atoms with Gasteiger partial charge in [0.1, 0.15) is 24.4 Å². The van der Waals surface area contributed by atoms with E-state index in [0.717, 1.165) is 57.8 Å². The highest BCUT2D eigenvalue weighted by molar-refractivity contribution is 5.76. The van der Waals surface area contributed by atoms with E-state index in [0.29, 0.717) is 19.4 Å². The van der Waals surface area contributed by atoms with Crippen LogP contribution in [0, 0.1) is 0 Å². The molecule has 11 heteroatoms. The first-order valence-electron chi connectivity index (χ1n) is 34.3. The van der Waals surface area contributed by atoms with Crippen molar-refractivity contribution in [3.63, 3.8) is 0 Å². The zero-order valence-corrected chi connectivity index (χ0v) is 52.1. The number of esters is 1. The number of allylic oxidation sites excluding steroid dienone is 5. The van der Waals surface area contributed by atoms with Crippen molar-refractivity contribution in [2.75, 3.05) is 19.8 Å². The summed E-state index contributed by atoms with van der Waals surface area (Å²) in [5, 5.41) is 54.4. The molecule has 1 aliphatic rings. The molecular formula is C69H129NO10. The SMILES string of the molecule is CCCCCCCCC/C=C/CC/C=C/C(O)C(COC1OC(CO)C(O)C(O)C1O)NC(=O)CCCCCCCCCCCCCC/C=C\CCCCCCCCCCCCCCOC(=O)CCCCCCCCCCCCC. The van der Waals surface area contributed by atoms with E-state index in [9.17, 15) is 35.1 Å². The van der Waals surface area contributed by atoms with Crippen LogP contribution in [0.4, 0.5) is 0 Å². The zero-order chi connectivity index (χ0) is 58.0. The van der Waals surface area contributed by atoms with E-state index in [1.807, 2.05) is 6.08 Å². The Labute approximate surface area is 492 Å². The number of carbonyl (C=O) groups is 2. The second-order valence-electron chi connectivity index (χ2n) is 23.9. The first-order chi connectivity index (χ1) is 39.2. The summed E-state index contributed by atoms with van der Waals surface area (Å²) in [5.74, 6) is -0.185. The Bertz CT molecular complexity index is 1420. The second-order valence-corrected chi connectivity index (χ2v) is 23.9. The second kappa shape index (κ2) is 58.6. The summed E-state index contributed by atoms with van der Waals surface area (Å²) >= 11 is 0. The molecule has 1 fully saturated rings. The number of nitrogens with one attached hydrogen (secondary N) is 1. The Morgan fingerprint density at radius 1 is 0.450 bits per heavy atom. The number of hydrogen-bond donors (Lipinski definition) is 6. The van der Waals surface area contributed by atoms with Crippen molar-refractivity contribution in [2.24, 2.45) is 0 Å². The summed E-state index contributed by atoms with van der Waals surface area (Å²) in [4.78, 5) is 25.1. The van der Waals surface area contributed by atoms with Gasteiger partial charge in [0, 0.05) is 12.8 Å². The van der Waals surface area contributed by atoms with Crippen LogP contribution in [0.15, 0.2) is 36.5 Å². The van der Waals surface area contributed by atoms with Gasteiger partial charge in [-0.2, -0.15) is 0 Å². The van der Waals surface area contributed by atoms with Crippen molar-refractivity contribution in [3.8, 4) is 0 Å². The molecule has 0 aromatic carbocycles. The van der Waals surface area contributed by atoms with Crippen LogP contribution >= 0.6 is 0 Å². The summed E-state index contributed by atoms with van der Waals surface area (Å²) < 4.78 is 16.7. The molecule has 1 rings (SSSR count). The molecule has 1 amide bonds. The van der Waals surface area contributed by atoms with E-state index in [1.165, 1.54) is 244 Å². The predicted octanol–water partition coefficient (Wildman–Crippen LogP) is 17.0. The summed E-state index contributed by atoms with van der Waals surface area (Å²) in [7, 11) is 0. The molecule has 0 aromatic rings. The minimum Gasteiger partial charge on any atom is -0.466 e. The number of carbonyl (C=O) groups excluding carboxylic acids is 2. The van der Waals surface area contributed by atoms with Crippen molar-refractivity contribution in [1.82, 2.24) is 5.32 Å². The maximum atomic E-state index is 13.1. The summed E-state index contributed by atoms with van der Waals surface area (Å²) in [6.07, 6.45) is 64.1. The molecule has 1 heterocycles. The van der Waals surface area contributed by atoms with Gasteiger partial charge in [-0.05, 0) is 70.6 Å². The molecule has 470 valence electrons. The van der Waals surface area contributed by atoms with Crippen LogP contribution in [0.2, 0.25) is 0 Å². The molecule has 0 saturated carbocycles. The predicted molar refractivity (Wildman–Crippen MR) is 334 cm³/mol. The minimum atomic E-state index is -1.58. The van der Waals surface area contributed by atoms with E-state index < -0.39 is 49.5 Å². The van der Waals surface area contributed by atoms with Gasteiger partial charge in [0.05, 0.1) is 32.0 Å². The van der Waals surface area contributed by atoms with Crippen LogP contribution in [0.5, 0.6) is 0 Å². The van der Waals surface area contributed by atoms with Gasteiger partial charge in [-0.1, -0.05) is 281 Å². The third kappa shape index (κ3) is 47.3. The molecule has 0 aromatic heterocycles. The molecule has 1 saturated heterocycles. The Balaban J connectivity index is 2.00. The third-order valence-electron chi connectivity index (χ3n) is 16.2. The van der Waals surface area contributed by atoms with E-state index in [4.69, 9.17) is 14.2 Å². The number of ether oxygens (including phenoxy) is 3. The number of unbranched alkanes of at least 4 members (excludes halogenated alkanes) is 42. The van der Waals surface area contributed by atoms with Gasteiger partial charge < -0.3 is 45.1 Å². The summed E-state index contributed by atoms with van der Waals surface area (Å²) in [6, 6.07) is -0.827. The monoisotopic (exact) mass is 1130 g/mol. The quantitative estimate of drug-likeness (QED) is 0.0195. The molecule has 11 nitrogen and oxygen atoms in total. The average Bonchev–Trinajstić information content (AvgIpc) is 3.46. The van der Waals surface area contributed by atoms with Gasteiger partial charge >= 0.3 is 5.97 Å². The first kappa shape index (κ1) is 75.9. The summed E-state index contributed by atoms with van der Waals surface area (Å²) in [5.41, 5.74) is 0. The van der Waals surface area contributed by atoms with Crippen molar-refractivity contribution < 1.29 is 49.3 Å². The Hall–Kier alpha value is -2.12. The highest BCUT2D eigenvalue weighted by atomic mass is 16.7. The minimum absolute atomic E-state index is 0.00629. The fourth-order valence-electron chi connectivity index (χ4n) is 10.8. The highest BCUT2D eigenvalue weighted by Gasteiger charge is 2.44. The fourth-order valence-corrected chi connectivity index (χ4v) is 10.8. The first-order valence-corrected chi connectivity index (χ1v) is 34.3. The number of rotatable bonds is 60. The molecule has 0 bridgehead atoms. The summed E-state index contributed by atoms with van der Waals surface area (Å²) in [6.45, 7) is 4.34. The molecule has 0 aliphatic carbocycles. The molecule has 7 unspecified atom stereocenters. The van der Waals surface area contributed by atoms with Gasteiger partial charge in [0.2, 0.25) is 5.91 Å². The van der Waals surface area contributed by atoms with Crippen molar-refractivity contribution >= 4 is 11.9 Å². The fraction of sp³-hybridized carbons (Fsp3) is 0.884. The molecule has 1 aliphatic heterocycles. The molecule has 0 spiro atoms. The van der Waals surface area contributed by atoms with Gasteiger partial charge in [-0.25, -0.2) is 0 Å². The Kier molecular flexibility index (Phi) is 55.6. The van der Waals surface area contributed by atoms with Gasteiger partial charge in [0.25, 0.3) is 0 Å². The normalized spacial score (nSPS) is 18.5. The molecular weight excluding hydrogens is 1000 g/mol. The Morgan fingerprint density at radius 2 is 0.812 bits per heavy atom. The number of hydrogen-bond acceptors (Lipinski definition) is 10. The lowest BCUT2D eigenvalue weighted by atomic mass is 9.99. The average molecular weight is 1130 g/mol. The molecule has 80 heavy (non-hydrogen) atoms. The number of amides is 1. The lowest BCUT2D eigenvalue weighted by molar-refractivity contribution is -0.302. The third-order valence-corrected chi connectivity index (χ3v) is 16.2. The van der Waals surface area contributed by atoms with E-state index in [2.05, 4.69) is 43.5 Å². The number of aliphatic hydroxyl groups is 5. The topological polar surface area (TPSA) is 175 Å². The largest absolute Gasteiger partial charge is 0.466 e. The van der Waals surface area contributed by atoms with E-state index in [1.54, 1.807) is 6.08 Å². The maximum absolute atomic E-state index is 13.1. The van der Waals surface area contributed by atoms with Crippen LogP contribution in [0.1, 0.15) is 328 Å². The van der Waals surface area contributed by atoms with Crippen LogP contribution in [0.3, 0.4) is 0 Å². The molecule has 6 N–H and O–H groups in total. The number of aliphatic hydroxyl groups excluding tert-OH is 5. The van der Waals surface area contributed by atoms with Crippen LogP contribution in [0.25, 0.3) is 0 Å². The lowest BCUT2D eigenvalue weighted by Gasteiger charge is -2.40. The van der Waals surface area contributed by atoms with Crippen molar-refractivity contribution in [3.05, 3.63) is 36.5 Å². The van der Waals surface area contributed by atoms with E-state index >= 15 is 0 Å². The molecule has 7 atom stereocenters. The molecule has 0 radical (unpaired) electrons. The highest BCUT2D eigenvalue weighted by Crippen LogP contribution is 2.23. The van der Waals surface area contributed by atoms with Crippen LogP contribution in [-0.2, 0) is 23.8 Å². The zero-order valence-electron chi connectivity index (χ0n) is 52.1. The standard InChI is InChI=1S/C69H129NO10/c1-3-5-7-9-11-13-15-32-36-39-43-47-51-55-62(72)61(60-79-69-68(77)67(76)66(75)63(59-71)80-69)70-64(73)56-52-48-44-40-37-33-30-28-26-24-22-20-18-16-17-19-21-23-25-27-29-31-34-38-42-46-50-54-58-78-65(74)57-53-49-45-41-35-14-12-10-8-6-4-2/h16-17,36,39,51,55,61-63,66-69,71-72,75-77H,3-15,18-35,37-38,40-50,52-54,56-60H2,1-2H3,(H,70,73)/b17-16-,39-36+,55-51+. The van der Waals surface area contributed by atoms with Crippen LogP contribution < -0.4 is 5.32 Å². The van der Waals surface area contributed by atoms with Crippen LogP contribution in [-0.4, -0.2) is 100 Å². The lowest BCUT2D eigenvalue weighted by Crippen LogP contribution is -2.60. The van der Waals surface area contributed by atoms with Crippen molar-refractivity contribution in [2.45, 2.75) is 371 Å². The maximum Gasteiger partial charge on any atom is 0.305 e.